The number of likely N-dealkylation sites (tertiary alicyclic amines) is 1. The van der Waals surface area contributed by atoms with Crippen LogP contribution < -0.4 is 5.32 Å². The fraction of sp³-hybridized carbons (Fsp3) is 0.368. The van der Waals surface area contributed by atoms with Crippen LogP contribution in [0.2, 0.25) is 0 Å². The molecule has 4 heterocycles. The molecule has 3 aromatic rings. The number of hydrogen-bond donors (Lipinski definition) is 1. The van der Waals surface area contributed by atoms with Gasteiger partial charge in [0.25, 0.3) is 0 Å². The molecule has 1 aliphatic rings. The van der Waals surface area contributed by atoms with E-state index in [2.05, 4.69) is 10.3 Å². The predicted molar refractivity (Wildman–Crippen MR) is 108 cm³/mol. The minimum atomic E-state index is -0.131. The van der Waals surface area contributed by atoms with Crippen molar-refractivity contribution in [2.75, 3.05) is 18.4 Å². The first-order valence-corrected chi connectivity index (χ1v) is 10.6. The second-order valence-corrected chi connectivity index (χ2v) is 8.73. The van der Waals surface area contributed by atoms with E-state index in [0.717, 1.165) is 41.2 Å². The van der Waals surface area contributed by atoms with Crippen LogP contribution in [-0.4, -0.2) is 39.8 Å². The molecule has 1 aliphatic heterocycles. The van der Waals surface area contributed by atoms with Gasteiger partial charge in [0.05, 0.1) is 11.1 Å². The topological polar surface area (TPSA) is 75.2 Å². The number of piperidine rings is 1. The summed E-state index contributed by atoms with van der Waals surface area (Å²) in [6.07, 6.45) is 2.33. The van der Waals surface area contributed by atoms with Gasteiger partial charge in [0.15, 0.2) is 10.8 Å². The smallest absolute Gasteiger partial charge is 0.227 e. The molecular weight excluding hydrogens is 380 g/mol. The molecule has 8 heteroatoms. The standard InChI is InChI=1S/C19H20N4O2S2/c1-12(24)20-19-22-18-16(27-19)5-4-15(21-18)13-6-8-23(9-7-13)17(25)11-14-3-2-10-26-14/h2-5,10,13H,6-9,11H2,1H3,(H,20,21,22,24). The fourth-order valence-electron chi connectivity index (χ4n) is 3.36. The van der Waals surface area contributed by atoms with Crippen molar-refractivity contribution in [3.05, 3.63) is 40.2 Å². The van der Waals surface area contributed by atoms with E-state index in [0.29, 0.717) is 23.1 Å². The third-order valence-corrected chi connectivity index (χ3v) is 6.53. The number of rotatable bonds is 4. The van der Waals surface area contributed by atoms with E-state index in [1.165, 1.54) is 18.3 Å². The van der Waals surface area contributed by atoms with Crippen molar-refractivity contribution >= 4 is 50.0 Å². The highest BCUT2D eigenvalue weighted by molar-refractivity contribution is 7.22. The van der Waals surface area contributed by atoms with Gasteiger partial charge >= 0.3 is 0 Å². The maximum Gasteiger partial charge on any atom is 0.227 e. The van der Waals surface area contributed by atoms with Crippen LogP contribution in [0, 0.1) is 0 Å². The average Bonchev–Trinajstić information content (AvgIpc) is 3.29. The lowest BCUT2D eigenvalue weighted by Crippen LogP contribution is -2.38. The van der Waals surface area contributed by atoms with Crippen LogP contribution >= 0.6 is 22.7 Å². The Hall–Kier alpha value is -2.32. The van der Waals surface area contributed by atoms with Crippen LogP contribution in [0.3, 0.4) is 0 Å². The van der Waals surface area contributed by atoms with Crippen LogP contribution in [0.1, 0.15) is 36.3 Å². The molecule has 1 fully saturated rings. The van der Waals surface area contributed by atoms with Gasteiger partial charge in [-0.1, -0.05) is 17.4 Å². The quantitative estimate of drug-likeness (QED) is 0.725. The summed E-state index contributed by atoms with van der Waals surface area (Å²) in [7, 11) is 0. The Balaban J connectivity index is 1.40. The third kappa shape index (κ3) is 4.17. The van der Waals surface area contributed by atoms with Gasteiger partial charge in [-0.15, -0.1) is 11.3 Å². The molecule has 2 amide bonds. The van der Waals surface area contributed by atoms with Gasteiger partial charge in [-0.2, -0.15) is 4.98 Å². The zero-order valence-electron chi connectivity index (χ0n) is 15.0. The molecule has 0 aromatic carbocycles. The maximum absolute atomic E-state index is 12.4. The lowest BCUT2D eigenvalue weighted by molar-refractivity contribution is -0.131. The molecule has 0 aliphatic carbocycles. The predicted octanol–water partition coefficient (Wildman–Crippen LogP) is 3.66. The highest BCUT2D eigenvalue weighted by Crippen LogP contribution is 2.31. The highest BCUT2D eigenvalue weighted by atomic mass is 32.1. The Labute approximate surface area is 165 Å². The minimum Gasteiger partial charge on any atom is -0.342 e. The Kier molecular flexibility index (Phi) is 5.18. The molecule has 27 heavy (non-hydrogen) atoms. The second-order valence-electron chi connectivity index (χ2n) is 6.67. The van der Waals surface area contributed by atoms with Crippen LogP contribution in [0.5, 0.6) is 0 Å². The van der Waals surface area contributed by atoms with Gasteiger partial charge in [0, 0.05) is 36.5 Å². The largest absolute Gasteiger partial charge is 0.342 e. The summed E-state index contributed by atoms with van der Waals surface area (Å²) in [5.74, 6) is 0.415. The number of thiazole rings is 1. The minimum absolute atomic E-state index is 0.131. The number of nitrogens with one attached hydrogen (secondary N) is 1. The number of nitrogens with zero attached hydrogens (tertiary/aromatic N) is 3. The van der Waals surface area contributed by atoms with Crippen molar-refractivity contribution in [1.29, 1.82) is 0 Å². The molecule has 3 aromatic heterocycles. The van der Waals surface area contributed by atoms with Crippen molar-refractivity contribution < 1.29 is 9.59 Å². The maximum atomic E-state index is 12.4. The van der Waals surface area contributed by atoms with Crippen molar-refractivity contribution in [3.8, 4) is 0 Å². The molecule has 0 saturated carbocycles. The summed E-state index contributed by atoms with van der Waals surface area (Å²) in [5, 5.41) is 5.30. The van der Waals surface area contributed by atoms with Crippen LogP contribution in [0.4, 0.5) is 5.13 Å². The zero-order chi connectivity index (χ0) is 18.8. The highest BCUT2D eigenvalue weighted by Gasteiger charge is 2.25. The Morgan fingerprint density at radius 1 is 1.22 bits per heavy atom. The number of amides is 2. The number of fused-ring (bicyclic) bond motifs is 1. The number of carbonyl (C=O) groups is 2. The normalized spacial score (nSPS) is 15.2. The van der Waals surface area contributed by atoms with Crippen molar-refractivity contribution in [3.63, 3.8) is 0 Å². The van der Waals surface area contributed by atoms with Gasteiger partial charge in [-0.25, -0.2) is 4.98 Å². The molecule has 1 saturated heterocycles. The SMILES string of the molecule is CC(=O)Nc1nc2nc(C3CCN(C(=O)Cc4cccs4)CC3)ccc2s1. The van der Waals surface area contributed by atoms with Crippen LogP contribution in [-0.2, 0) is 16.0 Å². The molecule has 1 N–H and O–H groups in total. The Bertz CT molecular complexity index is 959. The molecular formula is C19H20N4O2S2. The van der Waals surface area contributed by atoms with Crippen molar-refractivity contribution in [2.24, 2.45) is 0 Å². The first-order valence-electron chi connectivity index (χ1n) is 8.94. The molecule has 0 atom stereocenters. The molecule has 6 nitrogen and oxygen atoms in total. The monoisotopic (exact) mass is 400 g/mol. The lowest BCUT2D eigenvalue weighted by Gasteiger charge is -2.31. The number of aromatic nitrogens is 2. The molecule has 0 bridgehead atoms. The first-order chi connectivity index (χ1) is 13.1. The van der Waals surface area contributed by atoms with E-state index >= 15 is 0 Å². The lowest BCUT2D eigenvalue weighted by atomic mass is 9.93. The number of pyridine rings is 1. The van der Waals surface area contributed by atoms with Gasteiger partial charge < -0.3 is 10.2 Å². The Morgan fingerprint density at radius 3 is 2.74 bits per heavy atom. The third-order valence-electron chi connectivity index (χ3n) is 4.73. The Morgan fingerprint density at radius 2 is 2.04 bits per heavy atom. The van der Waals surface area contributed by atoms with Crippen LogP contribution in [0.25, 0.3) is 10.3 Å². The van der Waals surface area contributed by atoms with Gasteiger partial charge in [-0.3, -0.25) is 9.59 Å². The van der Waals surface area contributed by atoms with E-state index < -0.39 is 0 Å². The first kappa shape index (κ1) is 18.1. The summed E-state index contributed by atoms with van der Waals surface area (Å²) in [4.78, 5) is 35.8. The fourth-order valence-corrected chi connectivity index (χ4v) is 4.91. The number of carbonyl (C=O) groups excluding carboxylic acids is 2. The summed E-state index contributed by atoms with van der Waals surface area (Å²) < 4.78 is 0.964. The molecule has 140 valence electrons. The number of hydrogen-bond acceptors (Lipinski definition) is 6. The second kappa shape index (κ2) is 7.74. The van der Waals surface area contributed by atoms with E-state index in [1.54, 1.807) is 11.3 Å². The molecule has 0 unspecified atom stereocenters. The zero-order valence-corrected chi connectivity index (χ0v) is 16.6. The molecule has 0 radical (unpaired) electrons. The summed E-state index contributed by atoms with van der Waals surface area (Å²) in [5.41, 5.74) is 1.70. The van der Waals surface area contributed by atoms with Gasteiger partial charge in [0.2, 0.25) is 11.8 Å². The van der Waals surface area contributed by atoms with E-state index in [-0.39, 0.29) is 11.8 Å². The number of thiophene rings is 1. The summed E-state index contributed by atoms with van der Waals surface area (Å²) >= 11 is 3.06. The van der Waals surface area contributed by atoms with Crippen molar-refractivity contribution in [2.45, 2.75) is 32.1 Å². The van der Waals surface area contributed by atoms with Crippen LogP contribution in [0.15, 0.2) is 29.6 Å². The molecule has 0 spiro atoms. The summed E-state index contributed by atoms with van der Waals surface area (Å²) in [6, 6.07) is 8.06. The molecule has 4 rings (SSSR count). The van der Waals surface area contributed by atoms with Gasteiger partial charge in [0.1, 0.15) is 0 Å². The van der Waals surface area contributed by atoms with E-state index in [1.807, 2.05) is 34.5 Å². The van der Waals surface area contributed by atoms with Gasteiger partial charge in [-0.05, 0) is 36.4 Å². The number of anilines is 1. The average molecular weight is 401 g/mol. The van der Waals surface area contributed by atoms with E-state index in [9.17, 15) is 9.59 Å². The summed E-state index contributed by atoms with van der Waals surface area (Å²) in [6.45, 7) is 3.00. The van der Waals surface area contributed by atoms with E-state index in [4.69, 9.17) is 4.98 Å². The van der Waals surface area contributed by atoms with Crippen molar-refractivity contribution in [1.82, 2.24) is 14.9 Å².